The lowest BCUT2D eigenvalue weighted by Crippen LogP contribution is -2.36. The average molecular weight is 415 g/mol. The molecule has 3 rings (SSSR count). The zero-order valence-electron chi connectivity index (χ0n) is 17.7. The van der Waals surface area contributed by atoms with Crippen LogP contribution in [0.2, 0.25) is 0 Å². The number of rotatable bonds is 3. The van der Waals surface area contributed by atoms with E-state index in [-0.39, 0.29) is 11.8 Å². The summed E-state index contributed by atoms with van der Waals surface area (Å²) in [5, 5.41) is 13.0. The van der Waals surface area contributed by atoms with Gasteiger partial charge < -0.3 is 15.4 Å². The summed E-state index contributed by atoms with van der Waals surface area (Å²) in [7, 11) is 0. The van der Waals surface area contributed by atoms with Gasteiger partial charge in [0.25, 0.3) is 5.91 Å². The van der Waals surface area contributed by atoms with Gasteiger partial charge in [-0.15, -0.1) is 0 Å². The van der Waals surface area contributed by atoms with E-state index in [1.807, 2.05) is 26.0 Å². The summed E-state index contributed by atoms with van der Waals surface area (Å²) in [6, 6.07) is 5.52. The third-order valence-corrected chi connectivity index (χ3v) is 4.92. The third-order valence-electron chi connectivity index (χ3n) is 4.92. The Balaban J connectivity index is 1.70. The first-order valence-electron chi connectivity index (χ1n) is 10.5. The second-order valence-electron chi connectivity index (χ2n) is 7.39. The van der Waals surface area contributed by atoms with Crippen molar-refractivity contribution in [3.05, 3.63) is 41.0 Å². The van der Waals surface area contributed by atoms with Gasteiger partial charge in [-0.2, -0.15) is 5.10 Å². The summed E-state index contributed by atoms with van der Waals surface area (Å²) in [5.41, 5.74) is 1.49. The fraction of sp³-hybridized carbons (Fsp3) is 0.524. The van der Waals surface area contributed by atoms with E-state index in [1.165, 1.54) is 0 Å². The topological polar surface area (TPSA) is 112 Å². The molecule has 2 aromatic rings. The molecule has 0 saturated heterocycles. The molecule has 0 bridgehead atoms. The molecule has 1 aromatic carbocycles. The maximum absolute atomic E-state index is 12.7. The molecule has 0 spiro atoms. The molecule has 2 amide bonds. The number of aromatic nitrogens is 3. The van der Waals surface area contributed by atoms with Crippen LogP contribution in [0.15, 0.2) is 18.2 Å². The molecule has 1 aromatic heterocycles. The number of amides is 2. The van der Waals surface area contributed by atoms with Crippen LogP contribution >= 0.6 is 0 Å². The van der Waals surface area contributed by atoms with Crippen LogP contribution in [0.1, 0.15) is 47.3 Å². The van der Waals surface area contributed by atoms with Gasteiger partial charge in [0.05, 0.1) is 18.7 Å². The Morgan fingerprint density at radius 1 is 1.17 bits per heavy atom. The minimum absolute atomic E-state index is 0.000289. The quantitative estimate of drug-likeness (QED) is 0.696. The highest BCUT2D eigenvalue weighted by atomic mass is 16.5. The second-order valence-corrected chi connectivity index (χ2v) is 7.39. The molecule has 9 heteroatoms. The maximum Gasteiger partial charge on any atom is 0.255 e. The fourth-order valence-corrected chi connectivity index (χ4v) is 3.32. The predicted molar refractivity (Wildman–Crippen MR) is 112 cm³/mol. The van der Waals surface area contributed by atoms with Gasteiger partial charge in [-0.1, -0.05) is 18.6 Å². The largest absolute Gasteiger partial charge is 0.491 e. The first kappa shape index (κ1) is 21.8. The van der Waals surface area contributed by atoms with Crippen molar-refractivity contribution in [1.29, 1.82) is 0 Å². The fourth-order valence-electron chi connectivity index (χ4n) is 3.32. The van der Waals surface area contributed by atoms with E-state index in [9.17, 15) is 9.59 Å². The summed E-state index contributed by atoms with van der Waals surface area (Å²) in [6.45, 7) is 7.08. The van der Waals surface area contributed by atoms with E-state index >= 15 is 0 Å². The summed E-state index contributed by atoms with van der Waals surface area (Å²) in [5.74, 6) is 1.92. The SMILES string of the molecule is CCc1n[nH]c(CN2CCCC(=O)NCCOc3ccc(C)cc3C(=O)NCC2)n1. The molecule has 0 fully saturated rings. The van der Waals surface area contributed by atoms with Crippen molar-refractivity contribution >= 4 is 11.8 Å². The molecule has 1 aliphatic heterocycles. The van der Waals surface area contributed by atoms with Crippen LogP contribution < -0.4 is 15.4 Å². The summed E-state index contributed by atoms with van der Waals surface area (Å²) >= 11 is 0. The second kappa shape index (κ2) is 10.7. The highest BCUT2D eigenvalue weighted by Crippen LogP contribution is 2.20. The van der Waals surface area contributed by atoms with Crippen LogP contribution in [0.5, 0.6) is 5.75 Å². The van der Waals surface area contributed by atoms with Crippen LogP contribution in [-0.4, -0.2) is 64.7 Å². The highest BCUT2D eigenvalue weighted by molar-refractivity contribution is 5.97. The van der Waals surface area contributed by atoms with E-state index in [0.717, 1.165) is 36.6 Å². The number of hydrogen-bond acceptors (Lipinski definition) is 6. The van der Waals surface area contributed by atoms with Gasteiger partial charge in [-0.3, -0.25) is 19.6 Å². The number of nitrogens with one attached hydrogen (secondary N) is 3. The van der Waals surface area contributed by atoms with Crippen LogP contribution in [-0.2, 0) is 17.8 Å². The van der Waals surface area contributed by atoms with Crippen molar-refractivity contribution in [2.75, 3.05) is 32.8 Å². The molecule has 0 saturated carbocycles. The molecule has 1 aliphatic rings. The van der Waals surface area contributed by atoms with E-state index in [2.05, 4.69) is 30.7 Å². The Morgan fingerprint density at radius 3 is 2.83 bits per heavy atom. The number of ether oxygens (including phenoxy) is 1. The summed E-state index contributed by atoms with van der Waals surface area (Å²) < 4.78 is 5.75. The van der Waals surface area contributed by atoms with Gasteiger partial charge in [0, 0.05) is 25.9 Å². The Kier molecular flexibility index (Phi) is 7.78. The molecular formula is C21H30N6O3. The molecule has 3 N–H and O–H groups in total. The lowest BCUT2D eigenvalue weighted by molar-refractivity contribution is -0.121. The first-order valence-corrected chi connectivity index (χ1v) is 10.5. The number of carbonyl (C=O) groups excluding carboxylic acids is 2. The van der Waals surface area contributed by atoms with Gasteiger partial charge in [0.15, 0.2) is 0 Å². The average Bonchev–Trinajstić information content (AvgIpc) is 3.18. The van der Waals surface area contributed by atoms with Crippen molar-refractivity contribution in [3.8, 4) is 5.75 Å². The monoisotopic (exact) mass is 414 g/mol. The molecule has 0 aliphatic carbocycles. The van der Waals surface area contributed by atoms with Crippen LogP contribution in [0, 0.1) is 6.92 Å². The van der Waals surface area contributed by atoms with Gasteiger partial charge in [0.1, 0.15) is 24.0 Å². The minimum Gasteiger partial charge on any atom is -0.491 e. The van der Waals surface area contributed by atoms with E-state index in [0.29, 0.717) is 50.5 Å². The Hall–Kier alpha value is -2.94. The zero-order chi connectivity index (χ0) is 21.3. The zero-order valence-corrected chi connectivity index (χ0v) is 17.7. The van der Waals surface area contributed by atoms with E-state index in [1.54, 1.807) is 6.07 Å². The molecule has 0 radical (unpaired) electrons. The lowest BCUT2D eigenvalue weighted by Gasteiger charge is -2.21. The standard InChI is InChI=1S/C21H30N6O3/c1-3-18-24-19(26-25-18)14-27-10-4-5-20(28)22-9-12-30-17-7-6-15(2)13-16(17)21(29)23-8-11-27/h6-7,13H,3-5,8-12,14H2,1-2H3,(H,22,28)(H,23,29)(H,24,25,26). The summed E-state index contributed by atoms with van der Waals surface area (Å²) in [6.07, 6.45) is 1.93. The third kappa shape index (κ3) is 6.28. The normalized spacial score (nSPS) is 17.1. The number of aryl methyl sites for hydroxylation is 2. The molecule has 30 heavy (non-hydrogen) atoms. The number of fused-ring (bicyclic) bond motifs is 1. The predicted octanol–water partition coefficient (Wildman–Crippen LogP) is 1.20. The van der Waals surface area contributed by atoms with Crippen molar-refractivity contribution in [3.63, 3.8) is 0 Å². The Bertz CT molecular complexity index is 866. The van der Waals surface area contributed by atoms with Gasteiger partial charge in [-0.05, 0) is 32.0 Å². The number of carbonyl (C=O) groups is 2. The smallest absolute Gasteiger partial charge is 0.255 e. The molecule has 0 unspecified atom stereocenters. The lowest BCUT2D eigenvalue weighted by atomic mass is 10.1. The minimum atomic E-state index is -0.166. The van der Waals surface area contributed by atoms with Crippen molar-refractivity contribution in [2.45, 2.75) is 39.7 Å². The molecule has 0 atom stereocenters. The number of benzene rings is 1. The first-order chi connectivity index (χ1) is 14.5. The van der Waals surface area contributed by atoms with Gasteiger partial charge in [-0.25, -0.2) is 4.98 Å². The van der Waals surface area contributed by atoms with Crippen LogP contribution in [0.4, 0.5) is 0 Å². The van der Waals surface area contributed by atoms with Crippen molar-refractivity contribution < 1.29 is 14.3 Å². The molecular weight excluding hydrogens is 384 g/mol. The number of nitrogens with zero attached hydrogens (tertiary/aromatic N) is 3. The number of H-pyrrole nitrogens is 1. The van der Waals surface area contributed by atoms with Crippen LogP contribution in [0.3, 0.4) is 0 Å². The maximum atomic E-state index is 12.7. The van der Waals surface area contributed by atoms with Gasteiger partial charge >= 0.3 is 0 Å². The number of hydrogen-bond donors (Lipinski definition) is 3. The van der Waals surface area contributed by atoms with Gasteiger partial charge in [0.2, 0.25) is 5.91 Å². The molecule has 2 heterocycles. The van der Waals surface area contributed by atoms with Crippen molar-refractivity contribution in [1.82, 2.24) is 30.7 Å². The highest BCUT2D eigenvalue weighted by Gasteiger charge is 2.16. The Labute approximate surface area is 176 Å². The number of aromatic amines is 1. The molecule has 9 nitrogen and oxygen atoms in total. The summed E-state index contributed by atoms with van der Waals surface area (Å²) in [4.78, 5) is 31.5. The van der Waals surface area contributed by atoms with E-state index < -0.39 is 0 Å². The Morgan fingerprint density at radius 2 is 2.03 bits per heavy atom. The van der Waals surface area contributed by atoms with Crippen LogP contribution in [0.25, 0.3) is 0 Å². The molecule has 162 valence electrons. The van der Waals surface area contributed by atoms with E-state index in [4.69, 9.17) is 4.74 Å². The van der Waals surface area contributed by atoms with Crippen molar-refractivity contribution in [2.24, 2.45) is 0 Å².